The highest BCUT2D eigenvalue weighted by molar-refractivity contribution is 6.19. The molecule has 0 atom stereocenters. The van der Waals surface area contributed by atoms with Crippen molar-refractivity contribution in [3.8, 4) is 0 Å². The van der Waals surface area contributed by atoms with Crippen molar-refractivity contribution in [2.75, 3.05) is 23.1 Å². The number of nitrogens with zero attached hydrogens (tertiary/aromatic N) is 1. The molecule has 0 aromatic heterocycles. The highest BCUT2D eigenvalue weighted by Gasteiger charge is 2.19. The van der Waals surface area contributed by atoms with Gasteiger partial charge in [-0.15, -0.1) is 11.6 Å². The lowest BCUT2D eigenvalue weighted by Gasteiger charge is -2.17. The van der Waals surface area contributed by atoms with E-state index in [1.807, 2.05) is 18.2 Å². The topological polar surface area (TPSA) is 49.4 Å². The molecule has 1 N–H and O–H groups in total. The molecule has 4 nitrogen and oxygen atoms in total. The zero-order valence-electron chi connectivity index (χ0n) is 9.50. The summed E-state index contributed by atoms with van der Waals surface area (Å²) >= 11 is 5.54. The number of nitrogens with one attached hydrogen (secondary N) is 1. The quantitative estimate of drug-likeness (QED) is 0.834. The van der Waals surface area contributed by atoms with E-state index in [-0.39, 0.29) is 11.8 Å². The number of rotatable bonds is 3. The zero-order valence-corrected chi connectivity index (χ0v) is 10.3. The van der Waals surface area contributed by atoms with Gasteiger partial charge in [-0.3, -0.25) is 9.59 Å². The predicted octanol–water partition coefficient (Wildman–Crippen LogP) is 1.77. The number of hydrogen-bond donors (Lipinski definition) is 1. The lowest BCUT2D eigenvalue weighted by Crippen LogP contribution is -2.26. The van der Waals surface area contributed by atoms with Gasteiger partial charge >= 0.3 is 0 Å². The zero-order chi connectivity index (χ0) is 12.4. The van der Waals surface area contributed by atoms with Gasteiger partial charge in [-0.25, -0.2) is 0 Å². The first-order chi connectivity index (χ1) is 8.11. The fraction of sp³-hybridized carbons (Fsp3) is 0.333. The van der Waals surface area contributed by atoms with E-state index in [4.69, 9.17) is 11.6 Å². The molecule has 1 aromatic rings. The van der Waals surface area contributed by atoms with Crippen molar-refractivity contribution in [3.05, 3.63) is 23.8 Å². The van der Waals surface area contributed by atoms with Crippen molar-refractivity contribution in [2.24, 2.45) is 0 Å². The lowest BCUT2D eigenvalue weighted by molar-refractivity contribution is -0.118. The van der Waals surface area contributed by atoms with E-state index in [0.29, 0.717) is 18.7 Å². The molecule has 0 radical (unpaired) electrons. The van der Waals surface area contributed by atoms with Crippen molar-refractivity contribution >= 4 is 34.8 Å². The largest absolute Gasteiger partial charge is 0.326 e. The first kappa shape index (κ1) is 11.9. The molecule has 2 rings (SSSR count). The molecular formula is C12H13ClN2O2. The van der Waals surface area contributed by atoms with Gasteiger partial charge in [-0.2, -0.15) is 0 Å². The van der Waals surface area contributed by atoms with Crippen LogP contribution in [0.15, 0.2) is 18.2 Å². The van der Waals surface area contributed by atoms with Crippen molar-refractivity contribution in [2.45, 2.75) is 12.8 Å². The van der Waals surface area contributed by atoms with Crippen LogP contribution in [0.5, 0.6) is 0 Å². The molecule has 90 valence electrons. The van der Waals surface area contributed by atoms with Crippen molar-refractivity contribution in [3.63, 3.8) is 0 Å². The van der Waals surface area contributed by atoms with Crippen molar-refractivity contribution in [1.29, 1.82) is 0 Å². The number of anilines is 2. The van der Waals surface area contributed by atoms with Gasteiger partial charge in [0.15, 0.2) is 0 Å². The van der Waals surface area contributed by atoms with Crippen LogP contribution in [-0.2, 0) is 16.0 Å². The average Bonchev–Trinajstić information content (AvgIpc) is 2.67. The molecule has 0 fully saturated rings. The van der Waals surface area contributed by atoms with E-state index in [1.165, 1.54) is 0 Å². The SMILES string of the molecule is CN(C(=O)CCCl)c1ccc2c(c1)CC(=O)N2. The maximum absolute atomic E-state index is 11.7. The molecule has 0 aliphatic carbocycles. The van der Waals surface area contributed by atoms with Gasteiger partial charge in [0.2, 0.25) is 11.8 Å². The monoisotopic (exact) mass is 252 g/mol. The number of alkyl halides is 1. The molecule has 17 heavy (non-hydrogen) atoms. The average molecular weight is 253 g/mol. The van der Waals surface area contributed by atoms with E-state index < -0.39 is 0 Å². The lowest BCUT2D eigenvalue weighted by atomic mass is 10.1. The van der Waals surface area contributed by atoms with Gasteiger partial charge in [0.25, 0.3) is 0 Å². The fourth-order valence-corrected chi connectivity index (χ4v) is 1.98. The number of halogens is 1. The van der Waals surface area contributed by atoms with Crippen LogP contribution in [0.1, 0.15) is 12.0 Å². The molecule has 0 saturated heterocycles. The summed E-state index contributed by atoms with van der Waals surface area (Å²) in [6.45, 7) is 0. The second kappa shape index (κ2) is 4.75. The molecule has 1 aliphatic rings. The number of carbonyl (C=O) groups is 2. The Kier molecular flexibility index (Phi) is 3.33. The maximum Gasteiger partial charge on any atom is 0.228 e. The van der Waals surface area contributed by atoms with Gasteiger partial charge < -0.3 is 10.2 Å². The summed E-state index contributed by atoms with van der Waals surface area (Å²) in [6, 6.07) is 5.50. The van der Waals surface area contributed by atoms with Crippen LogP contribution in [0.3, 0.4) is 0 Å². The first-order valence-corrected chi connectivity index (χ1v) is 5.90. The van der Waals surface area contributed by atoms with Crippen LogP contribution >= 0.6 is 11.6 Å². The Bertz CT molecular complexity index is 474. The Morgan fingerprint density at radius 3 is 3.00 bits per heavy atom. The van der Waals surface area contributed by atoms with Gasteiger partial charge in [0.05, 0.1) is 6.42 Å². The number of hydrogen-bond acceptors (Lipinski definition) is 2. The van der Waals surface area contributed by atoms with Crippen LogP contribution in [0, 0.1) is 0 Å². The number of amides is 2. The normalized spacial score (nSPS) is 13.2. The van der Waals surface area contributed by atoms with E-state index >= 15 is 0 Å². The molecule has 1 aliphatic heterocycles. The summed E-state index contributed by atoms with van der Waals surface area (Å²) in [5.74, 6) is 0.276. The van der Waals surface area contributed by atoms with Gasteiger partial charge in [-0.05, 0) is 23.8 Å². The summed E-state index contributed by atoms with van der Waals surface area (Å²) < 4.78 is 0. The van der Waals surface area contributed by atoms with Crippen molar-refractivity contribution < 1.29 is 9.59 Å². The van der Waals surface area contributed by atoms with Gasteiger partial charge in [-0.1, -0.05) is 0 Å². The fourth-order valence-electron chi connectivity index (χ4n) is 1.82. The molecule has 0 bridgehead atoms. The standard InChI is InChI=1S/C12H13ClN2O2/c1-15(12(17)4-5-13)9-2-3-10-8(6-9)7-11(16)14-10/h2-3,6H,4-5,7H2,1H3,(H,14,16). The Labute approximate surface area is 105 Å². The number of fused-ring (bicyclic) bond motifs is 1. The minimum absolute atomic E-state index is 0.00751. The Balaban J connectivity index is 2.21. The third-order valence-corrected chi connectivity index (χ3v) is 2.97. The van der Waals surface area contributed by atoms with Gasteiger partial charge in [0.1, 0.15) is 0 Å². The summed E-state index contributed by atoms with van der Waals surface area (Å²) in [5, 5.41) is 2.75. The van der Waals surface area contributed by atoms with E-state index in [0.717, 1.165) is 16.9 Å². The number of carbonyl (C=O) groups excluding carboxylic acids is 2. The van der Waals surface area contributed by atoms with E-state index in [9.17, 15) is 9.59 Å². The van der Waals surface area contributed by atoms with Crippen molar-refractivity contribution in [1.82, 2.24) is 0 Å². The molecule has 0 saturated carbocycles. The van der Waals surface area contributed by atoms with Crippen LogP contribution in [0.25, 0.3) is 0 Å². The summed E-state index contributed by atoms with van der Waals surface area (Å²) in [6.07, 6.45) is 0.688. The minimum atomic E-state index is -0.0303. The maximum atomic E-state index is 11.7. The third-order valence-electron chi connectivity index (χ3n) is 2.78. The van der Waals surface area contributed by atoms with Crippen LogP contribution in [0.2, 0.25) is 0 Å². The molecule has 1 heterocycles. The minimum Gasteiger partial charge on any atom is -0.326 e. The van der Waals surface area contributed by atoms with Gasteiger partial charge in [0, 0.05) is 30.7 Å². The second-order valence-electron chi connectivity index (χ2n) is 3.96. The van der Waals surface area contributed by atoms with E-state index in [2.05, 4.69) is 5.32 Å². The second-order valence-corrected chi connectivity index (χ2v) is 4.34. The van der Waals surface area contributed by atoms with Crippen LogP contribution < -0.4 is 10.2 Å². The first-order valence-electron chi connectivity index (χ1n) is 5.37. The smallest absolute Gasteiger partial charge is 0.228 e. The Morgan fingerprint density at radius 2 is 2.29 bits per heavy atom. The Hall–Kier alpha value is -1.55. The molecule has 0 unspecified atom stereocenters. The summed E-state index contributed by atoms with van der Waals surface area (Å²) in [4.78, 5) is 24.4. The molecular weight excluding hydrogens is 240 g/mol. The predicted molar refractivity (Wildman–Crippen MR) is 67.5 cm³/mol. The molecule has 2 amide bonds. The third kappa shape index (κ3) is 2.42. The number of benzene rings is 1. The molecule has 5 heteroatoms. The highest BCUT2D eigenvalue weighted by Crippen LogP contribution is 2.27. The van der Waals surface area contributed by atoms with Crippen LogP contribution in [0.4, 0.5) is 11.4 Å². The Morgan fingerprint density at radius 1 is 1.53 bits per heavy atom. The van der Waals surface area contributed by atoms with E-state index in [1.54, 1.807) is 11.9 Å². The molecule has 1 aromatic carbocycles. The van der Waals surface area contributed by atoms with Crippen LogP contribution in [-0.4, -0.2) is 24.7 Å². The summed E-state index contributed by atoms with van der Waals surface area (Å²) in [7, 11) is 1.71. The molecule has 0 spiro atoms. The summed E-state index contributed by atoms with van der Waals surface area (Å²) in [5.41, 5.74) is 2.55. The highest BCUT2D eigenvalue weighted by atomic mass is 35.5.